The summed E-state index contributed by atoms with van der Waals surface area (Å²) in [6.07, 6.45) is 2.91. The Balaban J connectivity index is 0.00000324. The summed E-state index contributed by atoms with van der Waals surface area (Å²) in [5, 5.41) is 2.89. The Morgan fingerprint density at radius 1 is 1.26 bits per heavy atom. The number of carbonyl (C=O) groups excluding carboxylic acids is 1. The molecule has 108 valence electrons. The number of halogens is 2. The monoisotopic (exact) mass is 348 g/mol. The molecule has 1 amide bonds. The normalized spacial score (nSPS) is 10.1. The fourth-order valence-corrected chi connectivity index (χ4v) is 1.85. The third kappa shape index (κ3) is 8.24. The molecule has 19 heavy (non-hydrogen) atoms. The Morgan fingerprint density at radius 2 is 1.89 bits per heavy atom. The first-order valence-corrected chi connectivity index (χ1v) is 7.15. The molecule has 0 radical (unpaired) electrons. The lowest BCUT2D eigenvalue weighted by molar-refractivity contribution is -0.116. The number of carbonyl (C=O) groups is 1. The van der Waals surface area contributed by atoms with Crippen LogP contribution in [0.5, 0.6) is 0 Å². The Bertz CT molecular complexity index is 370. The first-order valence-electron chi connectivity index (χ1n) is 6.35. The molecule has 1 aromatic rings. The molecule has 1 rings (SSSR count). The molecule has 0 heterocycles. The van der Waals surface area contributed by atoms with Gasteiger partial charge in [-0.3, -0.25) is 4.79 Å². The topological polar surface area (TPSA) is 32.3 Å². The first kappa shape index (κ1) is 18.4. The average molecular weight is 350 g/mol. The molecule has 0 aliphatic carbocycles. The van der Waals surface area contributed by atoms with E-state index in [1.165, 1.54) is 12.8 Å². The van der Waals surface area contributed by atoms with Gasteiger partial charge in [0.2, 0.25) is 5.91 Å². The van der Waals surface area contributed by atoms with Crippen LogP contribution in [-0.2, 0) is 4.79 Å². The van der Waals surface area contributed by atoms with E-state index in [0.29, 0.717) is 6.42 Å². The van der Waals surface area contributed by atoms with Crippen molar-refractivity contribution in [2.75, 3.05) is 25.5 Å². The fourth-order valence-electron chi connectivity index (χ4n) is 1.59. The highest BCUT2D eigenvalue weighted by atomic mass is 79.9. The van der Waals surface area contributed by atoms with Gasteiger partial charge in [-0.2, -0.15) is 0 Å². The third-order valence-electron chi connectivity index (χ3n) is 2.74. The zero-order valence-electron chi connectivity index (χ0n) is 11.5. The zero-order valence-corrected chi connectivity index (χ0v) is 13.9. The van der Waals surface area contributed by atoms with Crippen LogP contribution < -0.4 is 5.32 Å². The molecule has 0 aliphatic heterocycles. The van der Waals surface area contributed by atoms with Crippen molar-refractivity contribution in [2.24, 2.45) is 0 Å². The van der Waals surface area contributed by atoms with Gasteiger partial charge >= 0.3 is 0 Å². The van der Waals surface area contributed by atoms with E-state index < -0.39 is 0 Å². The van der Waals surface area contributed by atoms with Gasteiger partial charge in [0, 0.05) is 23.1 Å². The standard InChI is InChI=1S/C14H21BrN2O.ClH/c1-3-4-10-17(2)11-9-14(18)16-13-7-5-12(15)6-8-13;/h5-8H,3-4,9-11H2,1-2H3,(H,16,18);1H. The predicted octanol–water partition coefficient (Wildman–Crippen LogP) is 3.93. The highest BCUT2D eigenvalue weighted by Gasteiger charge is 2.04. The van der Waals surface area contributed by atoms with E-state index in [9.17, 15) is 4.79 Å². The largest absolute Gasteiger partial charge is 0.326 e. The summed E-state index contributed by atoms with van der Waals surface area (Å²) in [5.74, 6) is 0.0701. The number of unbranched alkanes of at least 4 members (excludes halogenated alkanes) is 1. The molecule has 0 spiro atoms. The maximum Gasteiger partial charge on any atom is 0.225 e. The molecular weight excluding hydrogens is 328 g/mol. The van der Waals surface area contributed by atoms with E-state index in [2.05, 4.69) is 40.1 Å². The van der Waals surface area contributed by atoms with Crippen molar-refractivity contribution >= 4 is 39.9 Å². The average Bonchev–Trinajstić information content (AvgIpc) is 2.36. The van der Waals surface area contributed by atoms with Crippen LogP contribution in [0.4, 0.5) is 5.69 Å². The summed E-state index contributed by atoms with van der Waals surface area (Å²) in [6.45, 7) is 4.04. The molecule has 5 heteroatoms. The van der Waals surface area contributed by atoms with E-state index in [4.69, 9.17) is 0 Å². The van der Waals surface area contributed by atoms with Gasteiger partial charge in [0.05, 0.1) is 0 Å². The molecule has 0 bridgehead atoms. The summed E-state index contributed by atoms with van der Waals surface area (Å²) >= 11 is 3.37. The van der Waals surface area contributed by atoms with Crippen LogP contribution in [0.3, 0.4) is 0 Å². The van der Waals surface area contributed by atoms with Gasteiger partial charge in [-0.05, 0) is 44.3 Å². The number of nitrogens with zero attached hydrogens (tertiary/aromatic N) is 1. The van der Waals surface area contributed by atoms with E-state index >= 15 is 0 Å². The van der Waals surface area contributed by atoms with E-state index in [1.54, 1.807) is 0 Å². The van der Waals surface area contributed by atoms with Gasteiger partial charge in [-0.15, -0.1) is 12.4 Å². The molecular formula is C14H22BrClN2O. The summed E-state index contributed by atoms with van der Waals surface area (Å²) < 4.78 is 1.01. The molecule has 0 saturated carbocycles. The van der Waals surface area contributed by atoms with Crippen molar-refractivity contribution < 1.29 is 4.79 Å². The van der Waals surface area contributed by atoms with Crippen LogP contribution >= 0.6 is 28.3 Å². The third-order valence-corrected chi connectivity index (χ3v) is 3.27. The van der Waals surface area contributed by atoms with Gasteiger partial charge in [0.15, 0.2) is 0 Å². The van der Waals surface area contributed by atoms with Gasteiger partial charge in [-0.25, -0.2) is 0 Å². The quantitative estimate of drug-likeness (QED) is 0.809. The maximum atomic E-state index is 11.7. The lowest BCUT2D eigenvalue weighted by atomic mass is 10.3. The van der Waals surface area contributed by atoms with Crippen molar-refractivity contribution in [1.29, 1.82) is 0 Å². The van der Waals surface area contributed by atoms with Gasteiger partial charge in [-0.1, -0.05) is 29.3 Å². The summed E-state index contributed by atoms with van der Waals surface area (Å²) in [4.78, 5) is 13.9. The second-order valence-corrected chi connectivity index (χ2v) is 5.38. The lowest BCUT2D eigenvalue weighted by Gasteiger charge is -2.15. The molecule has 0 atom stereocenters. The molecule has 0 unspecified atom stereocenters. The Labute approximate surface area is 130 Å². The first-order chi connectivity index (χ1) is 8.61. The smallest absolute Gasteiger partial charge is 0.225 e. The highest BCUT2D eigenvalue weighted by Crippen LogP contribution is 2.14. The number of anilines is 1. The molecule has 0 fully saturated rings. The molecule has 3 nitrogen and oxygen atoms in total. The number of nitrogens with one attached hydrogen (secondary N) is 1. The van der Waals surface area contributed by atoms with Crippen molar-refractivity contribution in [3.8, 4) is 0 Å². The minimum Gasteiger partial charge on any atom is -0.326 e. The van der Waals surface area contributed by atoms with Gasteiger partial charge in [0.1, 0.15) is 0 Å². The predicted molar refractivity (Wildman–Crippen MR) is 87.0 cm³/mol. The number of rotatable bonds is 7. The second-order valence-electron chi connectivity index (χ2n) is 4.46. The van der Waals surface area contributed by atoms with Crippen LogP contribution in [0.25, 0.3) is 0 Å². The minimum atomic E-state index is 0. The van der Waals surface area contributed by atoms with Crippen molar-refractivity contribution in [1.82, 2.24) is 4.90 Å². The van der Waals surface area contributed by atoms with Crippen LogP contribution in [0.1, 0.15) is 26.2 Å². The number of amides is 1. The zero-order chi connectivity index (χ0) is 13.4. The van der Waals surface area contributed by atoms with Crippen LogP contribution in [0, 0.1) is 0 Å². The number of hydrogen-bond donors (Lipinski definition) is 1. The lowest BCUT2D eigenvalue weighted by Crippen LogP contribution is -2.25. The van der Waals surface area contributed by atoms with Gasteiger partial charge < -0.3 is 10.2 Å². The van der Waals surface area contributed by atoms with Crippen molar-refractivity contribution in [2.45, 2.75) is 26.2 Å². The van der Waals surface area contributed by atoms with Crippen LogP contribution in [-0.4, -0.2) is 30.9 Å². The Morgan fingerprint density at radius 3 is 2.47 bits per heavy atom. The SMILES string of the molecule is CCCCN(C)CCC(=O)Nc1ccc(Br)cc1.Cl. The molecule has 1 N–H and O–H groups in total. The minimum absolute atomic E-state index is 0. The Kier molecular flexibility index (Phi) is 9.92. The highest BCUT2D eigenvalue weighted by molar-refractivity contribution is 9.10. The molecule has 0 aromatic heterocycles. The molecule has 0 aliphatic rings. The fraction of sp³-hybridized carbons (Fsp3) is 0.500. The van der Waals surface area contributed by atoms with Crippen LogP contribution in [0.2, 0.25) is 0 Å². The van der Waals surface area contributed by atoms with E-state index in [1.807, 2.05) is 24.3 Å². The van der Waals surface area contributed by atoms with Crippen molar-refractivity contribution in [3.05, 3.63) is 28.7 Å². The summed E-state index contributed by atoms with van der Waals surface area (Å²) in [6, 6.07) is 7.62. The van der Waals surface area contributed by atoms with Crippen LogP contribution in [0.15, 0.2) is 28.7 Å². The summed E-state index contributed by atoms with van der Waals surface area (Å²) in [5.41, 5.74) is 0.847. The Hall–Kier alpha value is -0.580. The summed E-state index contributed by atoms with van der Waals surface area (Å²) in [7, 11) is 2.06. The second kappa shape index (κ2) is 10.2. The molecule has 0 saturated heterocycles. The maximum absolute atomic E-state index is 11.7. The van der Waals surface area contributed by atoms with E-state index in [-0.39, 0.29) is 18.3 Å². The van der Waals surface area contributed by atoms with E-state index in [0.717, 1.165) is 23.2 Å². The number of benzene rings is 1. The van der Waals surface area contributed by atoms with Crippen molar-refractivity contribution in [3.63, 3.8) is 0 Å². The molecule has 1 aromatic carbocycles. The number of hydrogen-bond acceptors (Lipinski definition) is 2. The van der Waals surface area contributed by atoms with Gasteiger partial charge in [0.25, 0.3) is 0 Å².